The summed E-state index contributed by atoms with van der Waals surface area (Å²) in [5, 5.41) is 11.3. The van der Waals surface area contributed by atoms with Crippen LogP contribution in [0.15, 0.2) is 67.4 Å². The first-order valence-corrected chi connectivity index (χ1v) is 11.9. The lowest BCUT2D eigenvalue weighted by Gasteiger charge is -2.08. The van der Waals surface area contributed by atoms with Crippen molar-refractivity contribution in [2.45, 2.75) is 20.3 Å². The molecule has 37 heavy (non-hydrogen) atoms. The van der Waals surface area contributed by atoms with Crippen LogP contribution in [0.2, 0.25) is 0 Å². The highest BCUT2D eigenvalue weighted by Crippen LogP contribution is 2.31. The molecule has 0 aliphatic rings. The molecule has 6 aromatic rings. The summed E-state index contributed by atoms with van der Waals surface area (Å²) in [6.45, 7) is 4.01. The Morgan fingerprint density at radius 2 is 1.92 bits per heavy atom. The molecule has 10 nitrogen and oxygen atoms in total. The second kappa shape index (κ2) is 9.23. The normalized spacial score (nSPS) is 11.4. The molecule has 6 aromatic heterocycles. The molecule has 0 spiro atoms. The van der Waals surface area contributed by atoms with Crippen LogP contribution in [-0.4, -0.2) is 46.0 Å². The van der Waals surface area contributed by atoms with Gasteiger partial charge in [0.25, 0.3) is 0 Å². The lowest BCUT2D eigenvalue weighted by atomic mass is 10.1. The molecule has 1 amide bonds. The summed E-state index contributed by atoms with van der Waals surface area (Å²) in [5.41, 5.74) is 6.64. The molecule has 0 saturated carbocycles. The van der Waals surface area contributed by atoms with Crippen LogP contribution in [0.25, 0.3) is 56.1 Å². The van der Waals surface area contributed by atoms with Crippen molar-refractivity contribution in [3.63, 3.8) is 0 Å². The number of nitrogens with one attached hydrogen (secondary N) is 3. The van der Waals surface area contributed by atoms with Crippen LogP contribution in [0.3, 0.4) is 0 Å². The number of amides is 1. The standard InChI is InChI=1S/C27H23N9O/c1-15(2)9-23(37)32-17-10-16(12-28-13-17)21-11-19-22(14-31-21)35-36-25(19)27-33-24-18(6-8-30-26(24)34-27)20-5-3-4-7-29-20/h3-8,10-15H,9H2,1-2H3,(H,32,37)(H,35,36)(H,30,33,34). The number of H-pyrrole nitrogens is 2. The summed E-state index contributed by atoms with van der Waals surface area (Å²) in [5.74, 6) is 0.813. The largest absolute Gasteiger partial charge is 0.335 e. The molecule has 0 radical (unpaired) electrons. The summed E-state index contributed by atoms with van der Waals surface area (Å²) in [4.78, 5) is 38.1. The van der Waals surface area contributed by atoms with Crippen LogP contribution in [0.4, 0.5) is 5.69 Å². The number of hydrogen-bond donors (Lipinski definition) is 3. The fourth-order valence-electron chi connectivity index (χ4n) is 4.24. The number of rotatable bonds is 6. The molecule has 6 heterocycles. The third-order valence-corrected chi connectivity index (χ3v) is 5.92. The summed E-state index contributed by atoms with van der Waals surface area (Å²) in [6.07, 6.45) is 9.00. The van der Waals surface area contributed by atoms with Crippen molar-refractivity contribution >= 4 is 33.7 Å². The quantitative estimate of drug-likeness (QED) is 0.299. The maximum Gasteiger partial charge on any atom is 0.224 e. The SMILES string of the molecule is CC(C)CC(=O)Nc1cncc(-c2cc3c(-c4nc5nccc(-c6ccccn6)c5[nH]4)n[nH]c3cn2)c1. The lowest BCUT2D eigenvalue weighted by Crippen LogP contribution is -2.13. The van der Waals surface area contributed by atoms with Gasteiger partial charge in [0.1, 0.15) is 5.69 Å². The highest BCUT2D eigenvalue weighted by Gasteiger charge is 2.17. The third-order valence-electron chi connectivity index (χ3n) is 5.92. The van der Waals surface area contributed by atoms with Crippen LogP contribution in [0, 0.1) is 5.92 Å². The zero-order chi connectivity index (χ0) is 25.4. The van der Waals surface area contributed by atoms with Crippen LogP contribution in [-0.2, 0) is 4.79 Å². The van der Waals surface area contributed by atoms with Crippen molar-refractivity contribution in [1.29, 1.82) is 0 Å². The van der Waals surface area contributed by atoms with Gasteiger partial charge in [-0.25, -0.2) is 9.97 Å². The number of carbonyl (C=O) groups is 1. The molecule has 0 aromatic carbocycles. The van der Waals surface area contributed by atoms with Crippen LogP contribution >= 0.6 is 0 Å². The number of fused-ring (bicyclic) bond motifs is 2. The lowest BCUT2D eigenvalue weighted by molar-refractivity contribution is -0.116. The molecule has 0 atom stereocenters. The number of anilines is 1. The van der Waals surface area contributed by atoms with Gasteiger partial charge in [-0.3, -0.25) is 24.8 Å². The van der Waals surface area contributed by atoms with Gasteiger partial charge in [0, 0.05) is 41.5 Å². The van der Waals surface area contributed by atoms with E-state index in [2.05, 4.69) is 40.4 Å². The van der Waals surface area contributed by atoms with E-state index in [1.165, 1.54) is 0 Å². The van der Waals surface area contributed by atoms with Crippen molar-refractivity contribution < 1.29 is 4.79 Å². The molecule has 10 heteroatoms. The van der Waals surface area contributed by atoms with Gasteiger partial charge in [-0.05, 0) is 36.2 Å². The van der Waals surface area contributed by atoms with Gasteiger partial charge in [-0.1, -0.05) is 19.9 Å². The van der Waals surface area contributed by atoms with Crippen LogP contribution < -0.4 is 5.32 Å². The minimum Gasteiger partial charge on any atom is -0.335 e. The van der Waals surface area contributed by atoms with E-state index in [1.54, 1.807) is 31.0 Å². The Balaban J connectivity index is 1.38. The second-order valence-electron chi connectivity index (χ2n) is 9.15. The highest BCUT2D eigenvalue weighted by molar-refractivity contribution is 5.96. The first-order chi connectivity index (χ1) is 18.0. The second-order valence-corrected chi connectivity index (χ2v) is 9.15. The van der Waals surface area contributed by atoms with Crippen molar-refractivity contribution in [2.24, 2.45) is 5.92 Å². The molecule has 0 bridgehead atoms. The van der Waals surface area contributed by atoms with E-state index < -0.39 is 0 Å². The predicted molar refractivity (Wildman–Crippen MR) is 141 cm³/mol. The van der Waals surface area contributed by atoms with Gasteiger partial charge in [0.15, 0.2) is 11.5 Å². The number of carbonyl (C=O) groups excluding carboxylic acids is 1. The predicted octanol–water partition coefficient (Wildman–Crippen LogP) is 5.00. The van der Waals surface area contributed by atoms with E-state index in [0.717, 1.165) is 33.2 Å². The highest BCUT2D eigenvalue weighted by atomic mass is 16.1. The monoisotopic (exact) mass is 489 g/mol. The maximum atomic E-state index is 12.2. The van der Waals surface area contributed by atoms with Gasteiger partial charge in [0.2, 0.25) is 5.91 Å². The van der Waals surface area contributed by atoms with E-state index in [9.17, 15) is 4.79 Å². The summed E-state index contributed by atoms with van der Waals surface area (Å²) >= 11 is 0. The molecule has 0 aliphatic heterocycles. The summed E-state index contributed by atoms with van der Waals surface area (Å²) in [6, 6.07) is 11.5. The maximum absolute atomic E-state index is 12.2. The Morgan fingerprint density at radius 3 is 2.76 bits per heavy atom. The number of hydrogen-bond acceptors (Lipinski definition) is 7. The van der Waals surface area contributed by atoms with Crippen molar-refractivity contribution in [3.8, 4) is 34.0 Å². The zero-order valence-corrected chi connectivity index (χ0v) is 20.2. The zero-order valence-electron chi connectivity index (χ0n) is 20.2. The van der Waals surface area contributed by atoms with E-state index in [4.69, 9.17) is 4.98 Å². The smallest absolute Gasteiger partial charge is 0.224 e. The summed E-state index contributed by atoms with van der Waals surface area (Å²) in [7, 11) is 0. The van der Waals surface area contributed by atoms with E-state index >= 15 is 0 Å². The van der Waals surface area contributed by atoms with Crippen molar-refractivity contribution in [2.75, 3.05) is 5.32 Å². The first-order valence-electron chi connectivity index (χ1n) is 11.9. The molecule has 6 rings (SSSR count). The van der Waals surface area contributed by atoms with Gasteiger partial charge in [-0.15, -0.1) is 0 Å². The Labute approximate surface area is 211 Å². The minimum absolute atomic E-state index is 0.0435. The molecule has 0 unspecified atom stereocenters. The molecule has 0 saturated heterocycles. The summed E-state index contributed by atoms with van der Waals surface area (Å²) < 4.78 is 0. The molecule has 0 aliphatic carbocycles. The van der Waals surface area contributed by atoms with Gasteiger partial charge in [-0.2, -0.15) is 5.10 Å². The first kappa shape index (κ1) is 22.5. The van der Waals surface area contributed by atoms with E-state index in [-0.39, 0.29) is 11.8 Å². The molecule has 3 N–H and O–H groups in total. The molecule has 182 valence electrons. The van der Waals surface area contributed by atoms with Crippen LogP contribution in [0.1, 0.15) is 20.3 Å². The van der Waals surface area contributed by atoms with Crippen molar-refractivity contribution in [1.82, 2.24) is 40.1 Å². The fourth-order valence-corrected chi connectivity index (χ4v) is 4.24. The Kier molecular flexibility index (Phi) is 5.61. The Bertz CT molecular complexity index is 1740. The molecular weight excluding hydrogens is 466 g/mol. The average molecular weight is 490 g/mol. The number of imidazole rings is 1. The van der Waals surface area contributed by atoms with E-state index in [1.807, 2.05) is 50.2 Å². The number of aromatic amines is 2. The van der Waals surface area contributed by atoms with Gasteiger partial charge < -0.3 is 10.3 Å². The van der Waals surface area contributed by atoms with E-state index in [0.29, 0.717) is 35.0 Å². The molecular formula is C27H23N9O. The van der Waals surface area contributed by atoms with Gasteiger partial charge >= 0.3 is 0 Å². The third kappa shape index (κ3) is 4.40. The number of aromatic nitrogens is 8. The average Bonchev–Trinajstić information content (AvgIpc) is 3.52. The Morgan fingerprint density at radius 1 is 1.00 bits per heavy atom. The van der Waals surface area contributed by atoms with Crippen LogP contribution in [0.5, 0.6) is 0 Å². The number of pyridine rings is 4. The van der Waals surface area contributed by atoms with Crippen molar-refractivity contribution in [3.05, 3.63) is 67.4 Å². The van der Waals surface area contributed by atoms with Gasteiger partial charge in [0.05, 0.1) is 40.5 Å². The number of nitrogens with zero attached hydrogens (tertiary/aromatic N) is 6. The fraction of sp³-hybridized carbons (Fsp3) is 0.148. The topological polar surface area (TPSA) is 138 Å². The molecule has 0 fully saturated rings. The minimum atomic E-state index is -0.0435. The Hall–Kier alpha value is -4.99.